The minimum absolute atomic E-state index is 0.199. The topological polar surface area (TPSA) is 38.5 Å². The Bertz CT molecular complexity index is 579. The second-order valence-electron chi connectivity index (χ2n) is 4.47. The highest BCUT2D eigenvalue weighted by Gasteiger charge is 2.16. The summed E-state index contributed by atoms with van der Waals surface area (Å²) >= 11 is 0. The maximum atomic E-state index is 14.1. The number of hydrogen-bond acceptors (Lipinski definition) is 3. The zero-order valence-corrected chi connectivity index (χ0v) is 10.0. The lowest BCUT2D eigenvalue weighted by Gasteiger charge is -2.29. The van der Waals surface area contributed by atoms with E-state index in [4.69, 9.17) is 10.5 Å². The van der Waals surface area contributed by atoms with E-state index in [1.807, 2.05) is 29.2 Å². The van der Waals surface area contributed by atoms with Crippen molar-refractivity contribution in [2.45, 2.75) is 0 Å². The summed E-state index contributed by atoms with van der Waals surface area (Å²) in [6, 6.07) is 8.94. The number of benzene rings is 2. The molecule has 2 aromatic carbocycles. The van der Waals surface area contributed by atoms with Crippen LogP contribution in [0.4, 0.5) is 15.8 Å². The molecular formula is C14H15FN2O. The van der Waals surface area contributed by atoms with E-state index in [-0.39, 0.29) is 5.82 Å². The van der Waals surface area contributed by atoms with Crippen LogP contribution >= 0.6 is 0 Å². The molecule has 1 heterocycles. The molecule has 0 spiro atoms. The van der Waals surface area contributed by atoms with Gasteiger partial charge in [-0.2, -0.15) is 0 Å². The third-order valence-electron chi connectivity index (χ3n) is 3.33. The molecule has 1 saturated heterocycles. The van der Waals surface area contributed by atoms with Crippen LogP contribution in [0.3, 0.4) is 0 Å². The summed E-state index contributed by atoms with van der Waals surface area (Å²) in [5.41, 5.74) is 7.24. The number of nitrogens with zero attached hydrogens (tertiary/aromatic N) is 1. The first-order valence-electron chi connectivity index (χ1n) is 6.06. The van der Waals surface area contributed by atoms with Gasteiger partial charge in [-0.05, 0) is 23.6 Å². The van der Waals surface area contributed by atoms with Gasteiger partial charge in [0.2, 0.25) is 0 Å². The van der Waals surface area contributed by atoms with Crippen LogP contribution in [0.1, 0.15) is 0 Å². The van der Waals surface area contributed by atoms with Crippen LogP contribution in [0, 0.1) is 5.82 Å². The van der Waals surface area contributed by atoms with Crippen molar-refractivity contribution in [1.29, 1.82) is 0 Å². The molecule has 0 bridgehead atoms. The summed E-state index contributed by atoms with van der Waals surface area (Å²) < 4.78 is 19.4. The lowest BCUT2D eigenvalue weighted by molar-refractivity contribution is 0.122. The Morgan fingerprint density at radius 1 is 1.17 bits per heavy atom. The number of fused-ring (bicyclic) bond motifs is 1. The third-order valence-corrected chi connectivity index (χ3v) is 3.33. The van der Waals surface area contributed by atoms with Gasteiger partial charge in [0.15, 0.2) is 0 Å². The Balaban J connectivity index is 2.11. The number of ether oxygens (including phenoxy) is 1. The first-order chi connectivity index (χ1) is 8.75. The monoisotopic (exact) mass is 246 g/mol. The van der Waals surface area contributed by atoms with Gasteiger partial charge in [0.05, 0.1) is 18.9 Å². The Morgan fingerprint density at radius 3 is 2.72 bits per heavy atom. The molecule has 3 rings (SSSR count). The predicted octanol–water partition coefficient (Wildman–Crippen LogP) is 2.40. The van der Waals surface area contributed by atoms with Crippen molar-refractivity contribution < 1.29 is 9.13 Å². The van der Waals surface area contributed by atoms with Crippen molar-refractivity contribution >= 4 is 22.1 Å². The average molecular weight is 246 g/mol. The minimum atomic E-state index is -0.199. The fraction of sp³-hybridized carbons (Fsp3) is 0.286. The number of nitrogens with two attached hydrogens (primary N) is 1. The van der Waals surface area contributed by atoms with E-state index in [2.05, 4.69) is 0 Å². The zero-order chi connectivity index (χ0) is 12.5. The summed E-state index contributed by atoms with van der Waals surface area (Å²) in [4.78, 5) is 2.00. The largest absolute Gasteiger partial charge is 0.398 e. The second-order valence-corrected chi connectivity index (χ2v) is 4.47. The minimum Gasteiger partial charge on any atom is -0.398 e. The molecule has 1 aliphatic heterocycles. The molecule has 0 atom stereocenters. The highest BCUT2D eigenvalue weighted by atomic mass is 19.1. The number of hydrogen-bond donors (Lipinski definition) is 1. The van der Waals surface area contributed by atoms with Gasteiger partial charge >= 0.3 is 0 Å². The fourth-order valence-electron chi connectivity index (χ4n) is 2.36. The molecule has 0 radical (unpaired) electrons. The van der Waals surface area contributed by atoms with Gasteiger partial charge in [-0.1, -0.05) is 12.1 Å². The Hall–Kier alpha value is -1.81. The summed E-state index contributed by atoms with van der Waals surface area (Å²) in [5.74, 6) is -0.199. The lowest BCUT2D eigenvalue weighted by atomic mass is 10.1. The normalized spacial score (nSPS) is 16.2. The number of anilines is 2. The Kier molecular flexibility index (Phi) is 2.80. The molecule has 4 heteroatoms. The van der Waals surface area contributed by atoms with Crippen molar-refractivity contribution in [3.63, 3.8) is 0 Å². The highest BCUT2D eigenvalue weighted by molar-refractivity contribution is 5.95. The van der Waals surface area contributed by atoms with Gasteiger partial charge in [0.25, 0.3) is 0 Å². The molecule has 1 aliphatic rings. The molecule has 0 saturated carbocycles. The molecule has 0 unspecified atom stereocenters. The van der Waals surface area contributed by atoms with Gasteiger partial charge in [-0.25, -0.2) is 4.39 Å². The van der Waals surface area contributed by atoms with Gasteiger partial charge < -0.3 is 15.4 Å². The molecule has 0 aromatic heterocycles. The molecule has 94 valence electrons. The van der Waals surface area contributed by atoms with Crippen LogP contribution in [-0.4, -0.2) is 26.3 Å². The molecule has 1 fully saturated rings. The standard InChI is InChI=1S/C14H15FN2O/c15-12-8-10-2-1-3-13(16)11(10)9-14(12)17-4-6-18-7-5-17/h1-3,8-9H,4-7,16H2. The van der Waals surface area contributed by atoms with Crippen LogP contribution in [0.2, 0.25) is 0 Å². The first-order valence-corrected chi connectivity index (χ1v) is 6.06. The van der Waals surface area contributed by atoms with Crippen LogP contribution in [0.5, 0.6) is 0 Å². The van der Waals surface area contributed by atoms with E-state index in [1.165, 1.54) is 0 Å². The molecule has 3 nitrogen and oxygen atoms in total. The SMILES string of the molecule is Nc1cccc2cc(F)c(N3CCOCC3)cc12. The summed E-state index contributed by atoms with van der Waals surface area (Å²) in [6.07, 6.45) is 0. The van der Waals surface area contributed by atoms with E-state index < -0.39 is 0 Å². The third kappa shape index (κ3) is 1.88. The molecule has 18 heavy (non-hydrogen) atoms. The van der Waals surface area contributed by atoms with E-state index in [0.717, 1.165) is 23.9 Å². The van der Waals surface area contributed by atoms with E-state index in [9.17, 15) is 4.39 Å². The van der Waals surface area contributed by atoms with Crippen LogP contribution in [0.15, 0.2) is 30.3 Å². The average Bonchev–Trinajstić information content (AvgIpc) is 2.39. The highest BCUT2D eigenvalue weighted by Crippen LogP contribution is 2.29. The smallest absolute Gasteiger partial charge is 0.147 e. The zero-order valence-electron chi connectivity index (χ0n) is 10.0. The first kappa shape index (κ1) is 11.3. The molecule has 2 N–H and O–H groups in total. The number of rotatable bonds is 1. The molecule has 0 amide bonds. The lowest BCUT2D eigenvalue weighted by Crippen LogP contribution is -2.36. The Morgan fingerprint density at radius 2 is 1.94 bits per heavy atom. The molecule has 2 aromatic rings. The molecule has 0 aliphatic carbocycles. The quantitative estimate of drug-likeness (QED) is 0.785. The molecular weight excluding hydrogens is 231 g/mol. The summed E-state index contributed by atoms with van der Waals surface area (Å²) in [5, 5.41) is 1.74. The van der Waals surface area contributed by atoms with E-state index in [0.29, 0.717) is 24.6 Å². The second kappa shape index (κ2) is 4.46. The summed E-state index contributed by atoms with van der Waals surface area (Å²) in [6.45, 7) is 2.72. The van der Waals surface area contributed by atoms with Gasteiger partial charge in [-0.3, -0.25) is 0 Å². The predicted molar refractivity (Wildman–Crippen MR) is 71.4 cm³/mol. The van der Waals surface area contributed by atoms with Crippen LogP contribution in [-0.2, 0) is 4.74 Å². The fourth-order valence-corrected chi connectivity index (χ4v) is 2.36. The van der Waals surface area contributed by atoms with Gasteiger partial charge in [0, 0.05) is 24.2 Å². The van der Waals surface area contributed by atoms with E-state index in [1.54, 1.807) is 6.07 Å². The number of morpholine rings is 1. The van der Waals surface area contributed by atoms with Crippen molar-refractivity contribution in [1.82, 2.24) is 0 Å². The van der Waals surface area contributed by atoms with Crippen LogP contribution < -0.4 is 10.6 Å². The van der Waals surface area contributed by atoms with Gasteiger partial charge in [0.1, 0.15) is 5.82 Å². The summed E-state index contributed by atoms with van der Waals surface area (Å²) in [7, 11) is 0. The number of halogens is 1. The van der Waals surface area contributed by atoms with E-state index >= 15 is 0 Å². The maximum Gasteiger partial charge on any atom is 0.147 e. The van der Waals surface area contributed by atoms with Gasteiger partial charge in [-0.15, -0.1) is 0 Å². The maximum absolute atomic E-state index is 14.1. The van der Waals surface area contributed by atoms with Crippen LogP contribution in [0.25, 0.3) is 10.8 Å². The number of nitrogen functional groups attached to an aromatic ring is 1. The van der Waals surface area contributed by atoms with Crippen molar-refractivity contribution in [3.8, 4) is 0 Å². The van der Waals surface area contributed by atoms with Crippen molar-refractivity contribution in [3.05, 3.63) is 36.1 Å². The van der Waals surface area contributed by atoms with Crippen molar-refractivity contribution in [2.75, 3.05) is 36.9 Å². The van der Waals surface area contributed by atoms with Crippen molar-refractivity contribution in [2.24, 2.45) is 0 Å². The Labute approximate surface area is 105 Å².